The fourth-order valence-corrected chi connectivity index (χ4v) is 4.88. The van der Waals surface area contributed by atoms with Crippen molar-refractivity contribution in [3.8, 4) is 11.4 Å². The lowest BCUT2D eigenvalue weighted by Crippen LogP contribution is -2.44. The van der Waals surface area contributed by atoms with Gasteiger partial charge in [-0.25, -0.2) is 9.97 Å². The Morgan fingerprint density at radius 3 is 2.70 bits per heavy atom. The van der Waals surface area contributed by atoms with E-state index in [0.717, 1.165) is 84.9 Å². The minimum atomic E-state index is 0.457. The Balaban J connectivity index is 1.39. The third-order valence-corrected chi connectivity index (χ3v) is 6.82. The molecule has 0 radical (unpaired) electrons. The number of nitrogens with one attached hydrogen (secondary N) is 1. The molecule has 7 nitrogen and oxygen atoms in total. The molecule has 3 N–H and O–H groups in total. The molecule has 2 aromatic carbocycles. The number of aryl methyl sites for hydroxylation is 1. The molecule has 2 aromatic heterocycles. The second-order valence-electron chi connectivity index (χ2n) is 8.86. The van der Waals surface area contributed by atoms with Crippen LogP contribution in [0.2, 0.25) is 5.02 Å². The van der Waals surface area contributed by atoms with Crippen molar-refractivity contribution in [1.82, 2.24) is 24.2 Å². The number of aromatic nitrogens is 3. The number of piperazine rings is 1. The number of rotatable bonds is 6. The van der Waals surface area contributed by atoms with Crippen molar-refractivity contribution in [3.05, 3.63) is 53.2 Å². The highest BCUT2D eigenvalue weighted by atomic mass is 35.5. The zero-order valence-electron chi connectivity index (χ0n) is 19.2. The summed E-state index contributed by atoms with van der Waals surface area (Å²) in [6.45, 7) is 8.71. The van der Waals surface area contributed by atoms with E-state index in [1.807, 2.05) is 25.1 Å². The molecular weight excluding hydrogens is 434 g/mol. The molecule has 0 atom stereocenters. The standard InChI is InChI=1S/C25H30ClN7/c1-17-5-3-6-19(26)23(17)25-29-16-22-24(27)30-20-15-18(7-8-21(20)33(22)25)28-9-4-10-32-13-11-31(2)12-14-32/h3,5-8,15-16,28H,4,9-14H2,1-2H3,(H2,27,30). The second-order valence-corrected chi connectivity index (χ2v) is 9.27. The largest absolute Gasteiger partial charge is 0.385 e. The van der Waals surface area contributed by atoms with Crippen LogP contribution in [0.1, 0.15) is 12.0 Å². The van der Waals surface area contributed by atoms with Gasteiger partial charge in [-0.3, -0.25) is 4.40 Å². The van der Waals surface area contributed by atoms with Crippen LogP contribution in [0.5, 0.6) is 0 Å². The summed E-state index contributed by atoms with van der Waals surface area (Å²) >= 11 is 6.56. The third kappa shape index (κ3) is 4.36. The molecule has 1 aliphatic rings. The van der Waals surface area contributed by atoms with Gasteiger partial charge in [0.15, 0.2) is 0 Å². The number of fused-ring (bicyclic) bond motifs is 3. The van der Waals surface area contributed by atoms with Gasteiger partial charge in [-0.1, -0.05) is 23.7 Å². The predicted molar refractivity (Wildman–Crippen MR) is 137 cm³/mol. The van der Waals surface area contributed by atoms with Crippen LogP contribution in [-0.4, -0.2) is 70.5 Å². The van der Waals surface area contributed by atoms with Gasteiger partial charge >= 0.3 is 0 Å². The van der Waals surface area contributed by atoms with Gasteiger partial charge in [-0.15, -0.1) is 0 Å². The van der Waals surface area contributed by atoms with Gasteiger partial charge in [0.05, 0.1) is 22.3 Å². The summed E-state index contributed by atoms with van der Waals surface area (Å²) in [6.07, 6.45) is 2.87. The smallest absolute Gasteiger partial charge is 0.150 e. The zero-order valence-corrected chi connectivity index (χ0v) is 19.9. The van der Waals surface area contributed by atoms with Crippen molar-refractivity contribution in [1.29, 1.82) is 0 Å². The van der Waals surface area contributed by atoms with Crippen molar-refractivity contribution < 1.29 is 0 Å². The number of hydrogen-bond acceptors (Lipinski definition) is 6. The van der Waals surface area contributed by atoms with Gasteiger partial charge in [0.25, 0.3) is 0 Å². The highest BCUT2D eigenvalue weighted by molar-refractivity contribution is 6.33. The molecule has 0 amide bonds. The first-order valence-corrected chi connectivity index (χ1v) is 11.9. The van der Waals surface area contributed by atoms with E-state index < -0.39 is 0 Å². The average molecular weight is 464 g/mol. The lowest BCUT2D eigenvalue weighted by molar-refractivity contribution is 0.154. The third-order valence-electron chi connectivity index (χ3n) is 6.50. The van der Waals surface area contributed by atoms with Crippen LogP contribution in [0, 0.1) is 6.92 Å². The van der Waals surface area contributed by atoms with E-state index in [-0.39, 0.29) is 0 Å². The zero-order chi connectivity index (χ0) is 22.9. The minimum Gasteiger partial charge on any atom is -0.385 e. The monoisotopic (exact) mass is 463 g/mol. The van der Waals surface area contributed by atoms with Crippen LogP contribution in [0.3, 0.4) is 0 Å². The molecule has 3 heterocycles. The number of likely N-dealkylation sites (N-methyl/N-ethyl adjacent to an activating group) is 1. The number of imidazole rings is 1. The molecule has 0 bridgehead atoms. The number of halogens is 1. The van der Waals surface area contributed by atoms with Gasteiger partial charge in [-0.05, 0) is 56.8 Å². The molecule has 0 spiro atoms. The van der Waals surface area contributed by atoms with Crippen molar-refractivity contribution in [2.75, 3.05) is 57.4 Å². The number of nitrogen functional groups attached to an aromatic ring is 1. The molecule has 33 heavy (non-hydrogen) atoms. The van der Waals surface area contributed by atoms with Crippen LogP contribution in [0.4, 0.5) is 11.5 Å². The van der Waals surface area contributed by atoms with Crippen LogP contribution in [0.15, 0.2) is 42.6 Å². The molecule has 172 valence electrons. The first-order chi connectivity index (χ1) is 16.0. The molecule has 1 fully saturated rings. The van der Waals surface area contributed by atoms with Crippen molar-refractivity contribution in [2.24, 2.45) is 0 Å². The van der Waals surface area contributed by atoms with Crippen LogP contribution in [-0.2, 0) is 0 Å². The average Bonchev–Trinajstić information content (AvgIpc) is 3.23. The quantitative estimate of drug-likeness (QED) is 0.418. The topological polar surface area (TPSA) is 74.7 Å². The van der Waals surface area contributed by atoms with Crippen molar-refractivity contribution >= 4 is 39.7 Å². The molecule has 0 unspecified atom stereocenters. The normalized spacial score (nSPS) is 15.5. The van der Waals surface area contributed by atoms with Gasteiger partial charge < -0.3 is 20.9 Å². The predicted octanol–water partition coefficient (Wildman–Crippen LogP) is 4.14. The summed E-state index contributed by atoms with van der Waals surface area (Å²) < 4.78 is 2.06. The summed E-state index contributed by atoms with van der Waals surface area (Å²) in [7, 11) is 2.19. The van der Waals surface area contributed by atoms with Crippen LogP contribution < -0.4 is 11.1 Å². The summed E-state index contributed by atoms with van der Waals surface area (Å²) in [6, 6.07) is 12.1. The summed E-state index contributed by atoms with van der Waals surface area (Å²) in [4.78, 5) is 14.2. The van der Waals surface area contributed by atoms with E-state index in [4.69, 9.17) is 17.3 Å². The Bertz CT molecular complexity index is 1270. The van der Waals surface area contributed by atoms with E-state index in [1.165, 1.54) is 0 Å². The highest BCUT2D eigenvalue weighted by Crippen LogP contribution is 2.34. The Kier molecular flexibility index (Phi) is 6.10. The summed E-state index contributed by atoms with van der Waals surface area (Å²) in [5.74, 6) is 1.23. The van der Waals surface area contributed by atoms with Gasteiger partial charge in [0.2, 0.25) is 0 Å². The summed E-state index contributed by atoms with van der Waals surface area (Å²) in [5.41, 5.74) is 11.9. The van der Waals surface area contributed by atoms with Gasteiger partial charge in [-0.2, -0.15) is 0 Å². The van der Waals surface area contributed by atoms with Crippen LogP contribution >= 0.6 is 11.6 Å². The fourth-order valence-electron chi connectivity index (χ4n) is 4.57. The summed E-state index contributed by atoms with van der Waals surface area (Å²) in [5, 5.41) is 4.22. The number of nitrogens with zero attached hydrogens (tertiary/aromatic N) is 5. The molecule has 1 saturated heterocycles. The lowest BCUT2D eigenvalue weighted by atomic mass is 10.1. The molecule has 0 saturated carbocycles. The van der Waals surface area contributed by atoms with Crippen molar-refractivity contribution in [3.63, 3.8) is 0 Å². The Morgan fingerprint density at radius 2 is 1.91 bits per heavy atom. The van der Waals surface area contributed by atoms with E-state index in [0.29, 0.717) is 10.8 Å². The molecule has 1 aliphatic heterocycles. The van der Waals surface area contributed by atoms with Gasteiger partial charge in [0.1, 0.15) is 17.2 Å². The number of anilines is 2. The van der Waals surface area contributed by atoms with E-state index in [2.05, 4.69) is 54.7 Å². The Morgan fingerprint density at radius 1 is 1.09 bits per heavy atom. The highest BCUT2D eigenvalue weighted by Gasteiger charge is 2.17. The maximum atomic E-state index is 6.56. The first-order valence-electron chi connectivity index (χ1n) is 11.5. The Labute approximate surface area is 199 Å². The number of nitrogens with two attached hydrogens (primary N) is 1. The fraction of sp³-hybridized carbons (Fsp3) is 0.360. The lowest BCUT2D eigenvalue weighted by Gasteiger charge is -2.32. The van der Waals surface area contributed by atoms with E-state index in [1.54, 1.807) is 6.20 Å². The number of hydrogen-bond donors (Lipinski definition) is 2. The minimum absolute atomic E-state index is 0.457. The molecule has 8 heteroatoms. The van der Waals surface area contributed by atoms with E-state index >= 15 is 0 Å². The number of benzene rings is 2. The molecular formula is C25H30ClN7. The van der Waals surface area contributed by atoms with Crippen LogP contribution in [0.25, 0.3) is 27.9 Å². The molecule has 4 aromatic rings. The van der Waals surface area contributed by atoms with Crippen molar-refractivity contribution in [2.45, 2.75) is 13.3 Å². The maximum Gasteiger partial charge on any atom is 0.150 e. The first kappa shape index (κ1) is 21.9. The Hall–Kier alpha value is -2.87. The SMILES string of the molecule is Cc1cccc(Cl)c1-c1ncc2c(N)nc3cc(NCCCN4CCN(C)CC4)ccc3n12. The molecule has 5 rings (SSSR count). The maximum absolute atomic E-state index is 6.56. The van der Waals surface area contributed by atoms with E-state index in [9.17, 15) is 0 Å². The van der Waals surface area contributed by atoms with Gasteiger partial charge in [0, 0.05) is 44.0 Å². The second kappa shape index (κ2) is 9.17. The molecule has 0 aliphatic carbocycles.